The lowest BCUT2D eigenvalue weighted by molar-refractivity contribution is 0.592. The maximum Gasteiger partial charge on any atom is 0.171 e. The number of hydrogen-bond acceptors (Lipinski definition) is 2. The fourth-order valence-electron chi connectivity index (χ4n) is 9.34. The minimum absolute atomic E-state index is 0.842. The molecule has 2 heterocycles. The Morgan fingerprint density at radius 1 is 0.404 bits per heavy atom. The standard InChI is InChI=1S/C53H33N2OP/c56-57(39-11-3-1-4-12-39,40-13-5-2-6-14-40)50-32-27-37-24-30-44-41(28-23-36-25-31-46(50)52(37)51(36)44)35-21-19-34(20-22-35)38-26-29-43-42-15-7-8-16-45(42)53-54-47-17-9-10-18-48(47)55(53)49(43)33-38/h1-33H. The third-order valence-electron chi connectivity index (χ3n) is 12.0. The summed E-state index contributed by atoms with van der Waals surface area (Å²) in [6.07, 6.45) is 0. The lowest BCUT2D eigenvalue weighted by atomic mass is 9.89. The van der Waals surface area contributed by atoms with Gasteiger partial charge in [0.05, 0.1) is 16.6 Å². The molecule has 12 aromatic rings. The molecule has 0 aliphatic rings. The zero-order valence-electron chi connectivity index (χ0n) is 30.8. The van der Waals surface area contributed by atoms with Gasteiger partial charge in [0.1, 0.15) is 5.65 Å². The van der Waals surface area contributed by atoms with E-state index in [4.69, 9.17) is 4.98 Å². The Morgan fingerprint density at radius 3 is 1.72 bits per heavy atom. The zero-order chi connectivity index (χ0) is 37.7. The first-order chi connectivity index (χ1) is 28.1. The average Bonchev–Trinajstić information content (AvgIpc) is 3.69. The second kappa shape index (κ2) is 12.2. The van der Waals surface area contributed by atoms with Crippen molar-refractivity contribution >= 4 is 93.7 Å². The van der Waals surface area contributed by atoms with Gasteiger partial charge in [-0.15, -0.1) is 0 Å². The Bertz CT molecular complexity index is 3550. The molecule has 266 valence electrons. The Hall–Kier alpha value is -7.06. The quantitative estimate of drug-likeness (QED) is 0.130. The van der Waals surface area contributed by atoms with Crippen LogP contribution < -0.4 is 15.9 Å². The van der Waals surface area contributed by atoms with Crippen LogP contribution in [0.4, 0.5) is 0 Å². The predicted octanol–water partition coefficient (Wildman–Crippen LogP) is 12.7. The molecule has 0 N–H and O–H groups in total. The molecule has 0 spiro atoms. The topological polar surface area (TPSA) is 34.4 Å². The van der Waals surface area contributed by atoms with Gasteiger partial charge in [-0.05, 0) is 84.2 Å². The van der Waals surface area contributed by atoms with E-state index in [9.17, 15) is 0 Å². The molecule has 0 aliphatic carbocycles. The molecule has 12 rings (SSSR count). The van der Waals surface area contributed by atoms with Gasteiger partial charge in [0, 0.05) is 26.7 Å². The fourth-order valence-corrected chi connectivity index (χ4v) is 12.2. The lowest BCUT2D eigenvalue weighted by Crippen LogP contribution is -2.25. The Labute approximate surface area is 328 Å². The second-order valence-corrected chi connectivity index (χ2v) is 17.7. The number of aromatic nitrogens is 2. The molecular formula is C53H33N2OP. The summed E-state index contributed by atoms with van der Waals surface area (Å²) in [5.74, 6) is 0. The molecule has 3 nitrogen and oxygen atoms in total. The summed E-state index contributed by atoms with van der Waals surface area (Å²) in [5, 5.41) is 13.1. The predicted molar refractivity (Wildman–Crippen MR) is 242 cm³/mol. The minimum Gasteiger partial charge on any atom is -0.309 e. The molecule has 0 fully saturated rings. The molecule has 0 aliphatic heterocycles. The van der Waals surface area contributed by atoms with Crippen molar-refractivity contribution in [2.24, 2.45) is 0 Å². The molecule has 4 heteroatoms. The van der Waals surface area contributed by atoms with Crippen molar-refractivity contribution in [2.75, 3.05) is 0 Å². The number of hydrogen-bond donors (Lipinski definition) is 0. The van der Waals surface area contributed by atoms with Crippen molar-refractivity contribution in [2.45, 2.75) is 0 Å². The van der Waals surface area contributed by atoms with Gasteiger partial charge in [-0.25, -0.2) is 4.98 Å². The Morgan fingerprint density at radius 2 is 0.965 bits per heavy atom. The average molecular weight is 745 g/mol. The smallest absolute Gasteiger partial charge is 0.171 e. The van der Waals surface area contributed by atoms with Gasteiger partial charge in [0.25, 0.3) is 0 Å². The summed E-state index contributed by atoms with van der Waals surface area (Å²) in [7, 11) is -3.20. The number of rotatable bonds is 5. The summed E-state index contributed by atoms with van der Waals surface area (Å²) < 4.78 is 18.0. The molecule has 0 amide bonds. The van der Waals surface area contributed by atoms with Crippen molar-refractivity contribution in [3.63, 3.8) is 0 Å². The van der Waals surface area contributed by atoms with Gasteiger partial charge in [-0.3, -0.25) is 4.40 Å². The molecule has 0 bridgehead atoms. The molecule has 0 unspecified atom stereocenters. The van der Waals surface area contributed by atoms with E-state index in [2.05, 4.69) is 144 Å². The van der Waals surface area contributed by atoms with Crippen molar-refractivity contribution in [1.29, 1.82) is 0 Å². The summed E-state index contributed by atoms with van der Waals surface area (Å²) in [6.45, 7) is 0. The van der Waals surface area contributed by atoms with E-state index >= 15 is 4.57 Å². The van der Waals surface area contributed by atoms with Crippen LogP contribution in [-0.4, -0.2) is 9.38 Å². The minimum atomic E-state index is -3.20. The van der Waals surface area contributed by atoms with Gasteiger partial charge in [0.15, 0.2) is 7.14 Å². The summed E-state index contributed by atoms with van der Waals surface area (Å²) in [5.41, 5.74) is 8.89. The highest BCUT2D eigenvalue weighted by Gasteiger charge is 2.32. The van der Waals surface area contributed by atoms with E-state index in [-0.39, 0.29) is 0 Å². The zero-order valence-corrected chi connectivity index (χ0v) is 31.7. The van der Waals surface area contributed by atoms with Crippen molar-refractivity contribution in [3.8, 4) is 22.3 Å². The number of benzene rings is 10. The van der Waals surface area contributed by atoms with E-state index in [1.807, 2.05) is 60.7 Å². The molecule has 0 saturated carbocycles. The van der Waals surface area contributed by atoms with E-state index in [1.54, 1.807) is 0 Å². The van der Waals surface area contributed by atoms with E-state index in [0.717, 1.165) is 76.3 Å². The third-order valence-corrected chi connectivity index (χ3v) is 15.1. The molecule has 0 saturated heterocycles. The van der Waals surface area contributed by atoms with Crippen LogP contribution in [0.15, 0.2) is 200 Å². The van der Waals surface area contributed by atoms with Crippen LogP contribution in [0, 0.1) is 0 Å². The Kier molecular flexibility index (Phi) is 6.90. The van der Waals surface area contributed by atoms with E-state index in [0.29, 0.717) is 0 Å². The number of para-hydroxylation sites is 2. The molecule has 0 radical (unpaired) electrons. The van der Waals surface area contributed by atoms with Crippen LogP contribution in [0.25, 0.3) is 92.9 Å². The molecule has 57 heavy (non-hydrogen) atoms. The number of fused-ring (bicyclic) bond motifs is 8. The van der Waals surface area contributed by atoms with E-state index < -0.39 is 7.14 Å². The summed E-state index contributed by atoms with van der Waals surface area (Å²) in [4.78, 5) is 5.09. The highest BCUT2D eigenvalue weighted by atomic mass is 31.2. The van der Waals surface area contributed by atoms with Crippen LogP contribution >= 0.6 is 7.14 Å². The number of pyridine rings is 1. The fraction of sp³-hybridized carbons (Fsp3) is 0. The SMILES string of the molecule is O=P(c1ccccc1)(c1ccccc1)c1ccc2ccc3c(-c4ccc(-c5ccc6c7ccccc7c7nc8ccccc8n7c6c5)cc4)ccc4ccc1c2c43. The Balaban J connectivity index is 1.01. The van der Waals surface area contributed by atoms with Crippen LogP contribution in [0.3, 0.4) is 0 Å². The van der Waals surface area contributed by atoms with Crippen molar-refractivity contribution < 1.29 is 4.57 Å². The van der Waals surface area contributed by atoms with Gasteiger partial charge in [-0.1, -0.05) is 176 Å². The highest BCUT2D eigenvalue weighted by Crippen LogP contribution is 2.47. The van der Waals surface area contributed by atoms with Gasteiger partial charge < -0.3 is 4.57 Å². The van der Waals surface area contributed by atoms with Gasteiger partial charge in [0.2, 0.25) is 0 Å². The first-order valence-electron chi connectivity index (χ1n) is 19.4. The maximum atomic E-state index is 15.6. The normalized spacial score (nSPS) is 12.3. The monoisotopic (exact) mass is 744 g/mol. The second-order valence-electron chi connectivity index (χ2n) is 15.0. The van der Waals surface area contributed by atoms with Crippen LogP contribution in [-0.2, 0) is 4.57 Å². The maximum absolute atomic E-state index is 15.6. The third kappa shape index (κ3) is 4.67. The van der Waals surface area contributed by atoms with Crippen molar-refractivity contribution in [1.82, 2.24) is 9.38 Å². The molecule has 10 aromatic carbocycles. The highest BCUT2D eigenvalue weighted by molar-refractivity contribution is 7.85. The number of nitrogens with zero attached hydrogens (tertiary/aromatic N) is 2. The van der Waals surface area contributed by atoms with E-state index in [1.165, 1.54) is 32.5 Å². The lowest BCUT2D eigenvalue weighted by Gasteiger charge is -2.23. The van der Waals surface area contributed by atoms with Gasteiger partial charge >= 0.3 is 0 Å². The first kappa shape index (κ1) is 32.2. The molecular weight excluding hydrogens is 712 g/mol. The van der Waals surface area contributed by atoms with Crippen molar-refractivity contribution in [3.05, 3.63) is 200 Å². The largest absolute Gasteiger partial charge is 0.309 e. The van der Waals surface area contributed by atoms with Crippen LogP contribution in [0.1, 0.15) is 0 Å². The molecule has 0 atom stereocenters. The molecule has 2 aromatic heterocycles. The van der Waals surface area contributed by atoms with Crippen LogP contribution in [0.2, 0.25) is 0 Å². The van der Waals surface area contributed by atoms with Gasteiger partial charge in [-0.2, -0.15) is 0 Å². The summed E-state index contributed by atoms with van der Waals surface area (Å²) >= 11 is 0. The summed E-state index contributed by atoms with van der Waals surface area (Å²) in [6, 6.07) is 70.3. The van der Waals surface area contributed by atoms with Crippen LogP contribution in [0.5, 0.6) is 0 Å². The first-order valence-corrected chi connectivity index (χ1v) is 21.1. The number of imidazole rings is 1.